The number of imidazole rings is 1. The number of anilines is 1. The monoisotopic (exact) mass is 414 g/mol. The van der Waals surface area contributed by atoms with Crippen LogP contribution in [0.15, 0.2) is 35.6 Å². The lowest BCUT2D eigenvalue weighted by Gasteiger charge is -2.12. The second kappa shape index (κ2) is 8.40. The van der Waals surface area contributed by atoms with E-state index in [2.05, 4.69) is 25.0 Å². The number of aromatic amines is 1. The van der Waals surface area contributed by atoms with Crippen molar-refractivity contribution < 1.29 is 23.0 Å². The molecule has 0 unspecified atom stereocenters. The van der Waals surface area contributed by atoms with Gasteiger partial charge in [0.2, 0.25) is 5.91 Å². The summed E-state index contributed by atoms with van der Waals surface area (Å²) in [6.07, 6.45) is 1.56. The highest BCUT2D eigenvalue weighted by Gasteiger charge is 2.13. The maximum absolute atomic E-state index is 12.3. The van der Waals surface area contributed by atoms with Crippen LogP contribution in [0.5, 0.6) is 11.5 Å². The predicted octanol–water partition coefficient (Wildman–Crippen LogP) is 3.95. The number of H-pyrrole nitrogens is 1. The predicted molar refractivity (Wildman–Crippen MR) is 97.9 cm³/mol. The number of nitrogens with zero attached hydrogens (tertiary/aromatic N) is 2. The zero-order chi connectivity index (χ0) is 19.4. The van der Waals surface area contributed by atoms with Crippen molar-refractivity contribution in [3.05, 3.63) is 35.6 Å². The first-order chi connectivity index (χ1) is 12.9. The normalized spacial score (nSPS) is 11.0. The van der Waals surface area contributed by atoms with Gasteiger partial charge in [-0.25, -0.2) is 9.97 Å². The molecule has 3 aromatic rings. The molecule has 0 saturated carbocycles. The number of carbonyl (C=O) groups is 1. The fraction of sp³-hybridized carbons (Fsp3) is 0.188. The van der Waals surface area contributed by atoms with Gasteiger partial charge in [0.1, 0.15) is 5.15 Å². The van der Waals surface area contributed by atoms with Crippen LogP contribution in [0.25, 0.3) is 11.0 Å². The minimum absolute atomic E-state index is 0.0819. The summed E-state index contributed by atoms with van der Waals surface area (Å²) >= 11 is 7.01. The Morgan fingerprint density at radius 3 is 2.93 bits per heavy atom. The second-order valence-corrected chi connectivity index (χ2v) is 6.50. The Kier molecular flexibility index (Phi) is 5.97. The van der Waals surface area contributed by atoms with E-state index in [0.29, 0.717) is 27.0 Å². The number of aromatic nitrogens is 3. The second-order valence-electron chi connectivity index (χ2n) is 5.15. The third kappa shape index (κ3) is 4.98. The molecule has 27 heavy (non-hydrogen) atoms. The van der Waals surface area contributed by atoms with Crippen molar-refractivity contribution in [1.29, 1.82) is 0 Å². The quantitative estimate of drug-likeness (QED) is 0.449. The minimum atomic E-state index is -2.97. The van der Waals surface area contributed by atoms with Crippen LogP contribution in [0, 0.1) is 0 Å². The standard InChI is InChI=1S/C16H13ClF2N4O3S/c1-25-12-4-8(2-3-11(12)26-15(18)19)21-14(24)7-27-16-22-9-5-13(17)20-6-10(9)23-16/h2-6,15H,7H2,1H3,(H,21,24)(H,22,23). The molecule has 1 aromatic carbocycles. The molecule has 0 aliphatic carbocycles. The zero-order valence-corrected chi connectivity index (χ0v) is 15.4. The maximum atomic E-state index is 12.3. The molecule has 3 rings (SSSR count). The van der Waals surface area contributed by atoms with Crippen molar-refractivity contribution in [2.75, 3.05) is 18.2 Å². The molecule has 2 heterocycles. The molecule has 2 N–H and O–H groups in total. The lowest BCUT2D eigenvalue weighted by Crippen LogP contribution is -2.14. The lowest BCUT2D eigenvalue weighted by molar-refractivity contribution is -0.113. The third-order valence-corrected chi connectivity index (χ3v) is 4.40. The van der Waals surface area contributed by atoms with Crippen LogP contribution in [-0.2, 0) is 4.79 Å². The van der Waals surface area contributed by atoms with Crippen molar-refractivity contribution in [3.63, 3.8) is 0 Å². The summed E-state index contributed by atoms with van der Waals surface area (Å²) in [5.41, 5.74) is 1.75. The molecule has 1 amide bonds. The number of ether oxygens (including phenoxy) is 2. The number of hydrogen-bond donors (Lipinski definition) is 2. The van der Waals surface area contributed by atoms with E-state index in [0.717, 1.165) is 0 Å². The number of benzene rings is 1. The average molecular weight is 415 g/mol. The Balaban J connectivity index is 1.61. The third-order valence-electron chi connectivity index (χ3n) is 3.32. The Morgan fingerprint density at radius 1 is 1.37 bits per heavy atom. The van der Waals surface area contributed by atoms with E-state index in [9.17, 15) is 13.6 Å². The number of fused-ring (bicyclic) bond motifs is 1. The van der Waals surface area contributed by atoms with Gasteiger partial charge in [-0.2, -0.15) is 8.78 Å². The Labute approximate surface area is 161 Å². The van der Waals surface area contributed by atoms with Crippen LogP contribution in [0.2, 0.25) is 5.15 Å². The molecule has 0 fully saturated rings. The molecule has 0 radical (unpaired) electrons. The molecule has 0 atom stereocenters. The van der Waals surface area contributed by atoms with Gasteiger partial charge in [0, 0.05) is 17.8 Å². The van der Waals surface area contributed by atoms with Gasteiger partial charge in [0.05, 0.1) is 30.1 Å². The number of hydrogen-bond acceptors (Lipinski definition) is 6. The molecule has 0 aliphatic rings. The fourth-order valence-corrected chi connectivity index (χ4v) is 3.04. The van der Waals surface area contributed by atoms with Crippen LogP contribution in [-0.4, -0.2) is 40.3 Å². The molecular formula is C16H13ClF2N4O3S. The summed E-state index contributed by atoms with van der Waals surface area (Å²) in [6.45, 7) is -2.97. The number of pyridine rings is 1. The summed E-state index contributed by atoms with van der Waals surface area (Å²) in [5.74, 6) is -0.253. The van der Waals surface area contributed by atoms with Gasteiger partial charge in [-0.3, -0.25) is 4.79 Å². The zero-order valence-electron chi connectivity index (χ0n) is 13.8. The number of amides is 1. The van der Waals surface area contributed by atoms with Crippen LogP contribution in [0.3, 0.4) is 0 Å². The van der Waals surface area contributed by atoms with E-state index in [1.807, 2.05) is 0 Å². The molecule has 11 heteroatoms. The number of carbonyl (C=O) groups excluding carboxylic acids is 1. The number of nitrogens with one attached hydrogen (secondary N) is 2. The topological polar surface area (TPSA) is 89.1 Å². The molecule has 0 bridgehead atoms. The van der Waals surface area contributed by atoms with E-state index in [1.165, 1.54) is 37.1 Å². The van der Waals surface area contributed by atoms with Crippen LogP contribution in [0.1, 0.15) is 0 Å². The SMILES string of the molecule is COc1cc(NC(=O)CSc2nc3cc(Cl)ncc3[nH]2)ccc1OC(F)F. The van der Waals surface area contributed by atoms with Crippen molar-refractivity contribution in [1.82, 2.24) is 15.0 Å². The molecule has 0 spiro atoms. The van der Waals surface area contributed by atoms with Gasteiger partial charge in [-0.15, -0.1) is 0 Å². The first-order valence-electron chi connectivity index (χ1n) is 7.51. The van der Waals surface area contributed by atoms with Gasteiger partial charge in [0.25, 0.3) is 0 Å². The highest BCUT2D eigenvalue weighted by Crippen LogP contribution is 2.31. The summed E-state index contributed by atoms with van der Waals surface area (Å²) in [7, 11) is 1.32. The number of halogens is 3. The minimum Gasteiger partial charge on any atom is -0.493 e. The lowest BCUT2D eigenvalue weighted by atomic mass is 10.2. The van der Waals surface area contributed by atoms with Crippen LogP contribution >= 0.6 is 23.4 Å². The van der Waals surface area contributed by atoms with Crippen molar-refractivity contribution in [2.24, 2.45) is 0 Å². The smallest absolute Gasteiger partial charge is 0.387 e. The number of alkyl halides is 2. The van der Waals surface area contributed by atoms with E-state index in [4.69, 9.17) is 16.3 Å². The maximum Gasteiger partial charge on any atom is 0.387 e. The van der Waals surface area contributed by atoms with E-state index < -0.39 is 6.61 Å². The van der Waals surface area contributed by atoms with E-state index in [1.54, 1.807) is 12.3 Å². The van der Waals surface area contributed by atoms with E-state index >= 15 is 0 Å². The van der Waals surface area contributed by atoms with Crippen LogP contribution < -0.4 is 14.8 Å². The molecule has 2 aromatic heterocycles. The van der Waals surface area contributed by atoms with Gasteiger partial charge < -0.3 is 19.8 Å². The van der Waals surface area contributed by atoms with E-state index in [-0.39, 0.29) is 23.2 Å². The number of methoxy groups -OCH3 is 1. The van der Waals surface area contributed by atoms with Crippen molar-refractivity contribution in [3.8, 4) is 11.5 Å². The Morgan fingerprint density at radius 2 is 2.19 bits per heavy atom. The summed E-state index contributed by atoms with van der Waals surface area (Å²) in [6, 6.07) is 5.75. The highest BCUT2D eigenvalue weighted by atomic mass is 35.5. The van der Waals surface area contributed by atoms with Gasteiger partial charge >= 0.3 is 6.61 Å². The van der Waals surface area contributed by atoms with Gasteiger partial charge in [-0.1, -0.05) is 23.4 Å². The first kappa shape index (κ1) is 19.2. The summed E-state index contributed by atoms with van der Waals surface area (Å²) in [5, 5.41) is 3.53. The molecule has 142 valence electrons. The molecule has 7 nitrogen and oxygen atoms in total. The fourth-order valence-electron chi connectivity index (χ4n) is 2.20. The van der Waals surface area contributed by atoms with Crippen molar-refractivity contribution >= 4 is 46.0 Å². The summed E-state index contributed by atoms with van der Waals surface area (Å²) < 4.78 is 34.0. The summed E-state index contributed by atoms with van der Waals surface area (Å²) in [4.78, 5) is 23.4. The molecule has 0 saturated heterocycles. The van der Waals surface area contributed by atoms with Gasteiger partial charge in [0.15, 0.2) is 16.7 Å². The van der Waals surface area contributed by atoms with Gasteiger partial charge in [-0.05, 0) is 12.1 Å². The average Bonchev–Trinajstić information content (AvgIpc) is 3.03. The Bertz CT molecular complexity index is 970. The van der Waals surface area contributed by atoms with Crippen molar-refractivity contribution in [2.45, 2.75) is 11.8 Å². The Hall–Kier alpha value is -2.59. The van der Waals surface area contributed by atoms with Crippen LogP contribution in [0.4, 0.5) is 14.5 Å². The largest absolute Gasteiger partial charge is 0.493 e. The first-order valence-corrected chi connectivity index (χ1v) is 8.87. The number of thioether (sulfide) groups is 1. The number of rotatable bonds is 7. The molecular weight excluding hydrogens is 402 g/mol. The highest BCUT2D eigenvalue weighted by molar-refractivity contribution is 7.99. The molecule has 0 aliphatic heterocycles.